The monoisotopic (exact) mass is 593 g/mol. The van der Waals surface area contributed by atoms with Gasteiger partial charge in [-0.1, -0.05) is 117 Å². The van der Waals surface area contributed by atoms with Crippen molar-refractivity contribution in [1.29, 1.82) is 0 Å². The van der Waals surface area contributed by atoms with Crippen LogP contribution in [0.3, 0.4) is 0 Å². The summed E-state index contributed by atoms with van der Waals surface area (Å²) in [5.41, 5.74) is 2.98. The quantitative estimate of drug-likeness (QED) is 0.160. The summed E-state index contributed by atoms with van der Waals surface area (Å²) < 4.78 is 0. The van der Waals surface area contributed by atoms with Gasteiger partial charge in [0.2, 0.25) is 17.7 Å². The van der Waals surface area contributed by atoms with Crippen molar-refractivity contribution in [3.63, 3.8) is 0 Å². The lowest BCUT2D eigenvalue weighted by molar-refractivity contribution is -0.130. The summed E-state index contributed by atoms with van der Waals surface area (Å²) in [7, 11) is 0. The van der Waals surface area contributed by atoms with Crippen LogP contribution in [-0.2, 0) is 33.6 Å². The number of carbonyl (C=O) groups is 3. The maximum Gasteiger partial charge on any atom is 0.243 e. The number of carbonyl (C=O) groups excluding carboxylic acids is 3. The largest absolute Gasteiger partial charge is 0.391 e. The molecule has 0 bridgehead atoms. The van der Waals surface area contributed by atoms with Crippen LogP contribution in [0.25, 0.3) is 10.8 Å². The Hall–Kier alpha value is -4.49. The summed E-state index contributed by atoms with van der Waals surface area (Å²) in [6.45, 7) is 4.27. The summed E-state index contributed by atoms with van der Waals surface area (Å²) in [5.74, 6) is -0.942. The van der Waals surface area contributed by atoms with Crippen LogP contribution in [0.15, 0.2) is 103 Å². The van der Waals surface area contributed by atoms with Crippen molar-refractivity contribution in [2.24, 2.45) is 5.92 Å². The summed E-state index contributed by atoms with van der Waals surface area (Å²) in [4.78, 5) is 39.3. The van der Waals surface area contributed by atoms with Crippen molar-refractivity contribution >= 4 is 28.5 Å². The molecule has 44 heavy (non-hydrogen) atoms. The number of fused-ring (bicyclic) bond motifs is 1. The molecule has 0 aliphatic rings. The van der Waals surface area contributed by atoms with Crippen LogP contribution in [0.5, 0.6) is 0 Å². The molecule has 4 aromatic rings. The third-order valence-corrected chi connectivity index (χ3v) is 7.83. The van der Waals surface area contributed by atoms with Gasteiger partial charge in [0, 0.05) is 13.0 Å². The summed E-state index contributed by atoms with van der Waals surface area (Å²) in [6, 6.07) is 31.9. The van der Waals surface area contributed by atoms with Gasteiger partial charge in [0.15, 0.2) is 0 Å². The van der Waals surface area contributed by atoms with E-state index in [4.69, 9.17) is 0 Å². The zero-order valence-electron chi connectivity index (χ0n) is 25.5. The molecule has 0 aliphatic carbocycles. The lowest BCUT2D eigenvalue weighted by Crippen LogP contribution is -2.55. The minimum atomic E-state index is -0.960. The molecule has 4 aromatic carbocycles. The Balaban J connectivity index is 1.37. The number of aliphatic hydroxyl groups is 1. The highest BCUT2D eigenvalue weighted by atomic mass is 16.3. The molecule has 0 fully saturated rings. The second-order valence-electron chi connectivity index (χ2n) is 11.6. The Labute approximate surface area is 260 Å². The maximum absolute atomic E-state index is 13.6. The average molecular weight is 594 g/mol. The van der Waals surface area contributed by atoms with Gasteiger partial charge in [-0.05, 0) is 52.6 Å². The van der Waals surface area contributed by atoms with Gasteiger partial charge >= 0.3 is 0 Å². The van der Waals surface area contributed by atoms with E-state index < -0.39 is 18.2 Å². The molecule has 0 saturated heterocycles. The highest BCUT2D eigenvalue weighted by molar-refractivity contribution is 5.92. The van der Waals surface area contributed by atoms with Gasteiger partial charge < -0.3 is 21.1 Å². The predicted octanol–water partition coefficient (Wildman–Crippen LogP) is 4.75. The van der Waals surface area contributed by atoms with Crippen molar-refractivity contribution in [2.45, 2.75) is 64.1 Å². The van der Waals surface area contributed by atoms with Crippen LogP contribution in [0, 0.1) is 5.92 Å². The van der Waals surface area contributed by atoms with E-state index in [1.165, 1.54) is 0 Å². The van der Waals surface area contributed by atoms with Crippen LogP contribution in [0.2, 0.25) is 0 Å². The number of hydrogen-bond acceptors (Lipinski definition) is 4. The predicted molar refractivity (Wildman–Crippen MR) is 175 cm³/mol. The van der Waals surface area contributed by atoms with Crippen LogP contribution >= 0.6 is 0 Å². The van der Waals surface area contributed by atoms with Crippen molar-refractivity contribution in [2.75, 3.05) is 6.54 Å². The highest BCUT2D eigenvalue weighted by Gasteiger charge is 2.29. The fraction of sp³-hybridized carbons (Fsp3) is 0.324. The molecule has 3 atom stereocenters. The van der Waals surface area contributed by atoms with E-state index in [-0.39, 0.29) is 42.9 Å². The molecule has 230 valence electrons. The number of amides is 3. The third-order valence-electron chi connectivity index (χ3n) is 7.83. The maximum atomic E-state index is 13.6. The molecule has 0 heterocycles. The minimum Gasteiger partial charge on any atom is -0.391 e. The molecule has 0 spiro atoms. The van der Waals surface area contributed by atoms with E-state index in [1.54, 1.807) is 0 Å². The Morgan fingerprint density at radius 3 is 2.07 bits per heavy atom. The molecule has 0 radical (unpaired) electrons. The van der Waals surface area contributed by atoms with Gasteiger partial charge in [-0.25, -0.2) is 0 Å². The Bertz CT molecular complexity index is 1500. The number of hydrogen-bond donors (Lipinski definition) is 4. The minimum absolute atomic E-state index is 0.131. The second-order valence-corrected chi connectivity index (χ2v) is 11.6. The normalized spacial score (nSPS) is 13.2. The van der Waals surface area contributed by atoms with E-state index in [9.17, 15) is 19.5 Å². The van der Waals surface area contributed by atoms with Gasteiger partial charge in [-0.2, -0.15) is 0 Å². The molecule has 4 rings (SSSR count). The third kappa shape index (κ3) is 9.78. The number of nitrogens with one attached hydrogen (secondary N) is 3. The van der Waals surface area contributed by atoms with E-state index in [2.05, 4.69) is 16.0 Å². The SMILES string of the molecule is CC(C)C(NC(=O)Cc1cccc2ccccc12)C(=O)NC(Cc1ccccc1)C(O)CCC(=O)NCCc1ccccc1. The first-order valence-corrected chi connectivity index (χ1v) is 15.4. The van der Waals surface area contributed by atoms with Gasteiger partial charge in [0.1, 0.15) is 6.04 Å². The first-order chi connectivity index (χ1) is 21.3. The Morgan fingerprint density at radius 1 is 0.727 bits per heavy atom. The van der Waals surface area contributed by atoms with E-state index in [1.807, 2.05) is 117 Å². The first kappa shape index (κ1) is 32.4. The molecular weight excluding hydrogens is 550 g/mol. The standard InChI is InChI=1S/C37H43N3O4/c1-26(2)36(40-35(43)25-30-18-11-17-29-16-9-10-19-31(29)30)37(44)39-32(24-28-14-7-4-8-15-28)33(41)20-21-34(42)38-23-22-27-12-5-3-6-13-27/h3-19,26,32-33,36,41H,20-25H2,1-2H3,(H,38,42)(H,39,44)(H,40,43). The van der Waals surface area contributed by atoms with E-state index >= 15 is 0 Å². The Kier molecular flexibility index (Phi) is 12.1. The van der Waals surface area contributed by atoms with Crippen LogP contribution in [0.4, 0.5) is 0 Å². The lowest BCUT2D eigenvalue weighted by Gasteiger charge is -2.28. The number of benzene rings is 4. The zero-order chi connectivity index (χ0) is 31.3. The van der Waals surface area contributed by atoms with Crippen molar-refractivity contribution < 1.29 is 19.5 Å². The fourth-order valence-corrected chi connectivity index (χ4v) is 5.36. The molecule has 3 amide bonds. The molecule has 0 aromatic heterocycles. The summed E-state index contributed by atoms with van der Waals surface area (Å²) >= 11 is 0. The molecule has 7 nitrogen and oxygen atoms in total. The number of rotatable bonds is 15. The highest BCUT2D eigenvalue weighted by Crippen LogP contribution is 2.19. The summed E-state index contributed by atoms with van der Waals surface area (Å²) in [5, 5.41) is 22.1. The van der Waals surface area contributed by atoms with Crippen LogP contribution < -0.4 is 16.0 Å². The topological polar surface area (TPSA) is 108 Å². The molecular formula is C37H43N3O4. The van der Waals surface area contributed by atoms with Gasteiger partial charge in [-0.3, -0.25) is 14.4 Å². The van der Waals surface area contributed by atoms with Crippen LogP contribution in [0.1, 0.15) is 43.4 Å². The van der Waals surface area contributed by atoms with Crippen molar-refractivity contribution in [3.8, 4) is 0 Å². The van der Waals surface area contributed by atoms with Crippen molar-refractivity contribution in [3.05, 3.63) is 120 Å². The average Bonchev–Trinajstić information content (AvgIpc) is 3.03. The van der Waals surface area contributed by atoms with Gasteiger partial charge in [0.25, 0.3) is 0 Å². The fourth-order valence-electron chi connectivity index (χ4n) is 5.36. The van der Waals surface area contributed by atoms with Gasteiger partial charge in [-0.15, -0.1) is 0 Å². The lowest BCUT2D eigenvalue weighted by atomic mass is 9.96. The van der Waals surface area contributed by atoms with Crippen molar-refractivity contribution in [1.82, 2.24) is 16.0 Å². The number of aliphatic hydroxyl groups excluding tert-OH is 1. The van der Waals surface area contributed by atoms with E-state index in [0.717, 1.165) is 33.9 Å². The smallest absolute Gasteiger partial charge is 0.243 e. The molecule has 0 aliphatic heterocycles. The summed E-state index contributed by atoms with van der Waals surface area (Å²) in [6.07, 6.45) is 0.621. The first-order valence-electron chi connectivity index (χ1n) is 15.4. The zero-order valence-corrected chi connectivity index (χ0v) is 25.5. The molecule has 7 heteroatoms. The second kappa shape index (κ2) is 16.4. The molecule has 3 unspecified atom stereocenters. The van der Waals surface area contributed by atoms with Crippen LogP contribution in [-0.4, -0.2) is 47.6 Å². The molecule has 0 saturated carbocycles. The molecule has 4 N–H and O–H groups in total. The van der Waals surface area contributed by atoms with Gasteiger partial charge in [0.05, 0.1) is 18.6 Å². The Morgan fingerprint density at radius 2 is 1.36 bits per heavy atom. The van der Waals surface area contributed by atoms with E-state index in [0.29, 0.717) is 13.0 Å².